The molecule has 368 valence electrons. The molecule has 0 aliphatic rings. The Morgan fingerprint density at radius 2 is 0.839 bits per heavy atom. The van der Waals surface area contributed by atoms with Crippen LogP contribution in [0, 0.1) is 0 Å². The lowest BCUT2D eigenvalue weighted by atomic mass is 10.0. The van der Waals surface area contributed by atoms with Gasteiger partial charge in [-0.15, -0.1) is 0 Å². The Hall–Kier alpha value is -1.02. The van der Waals surface area contributed by atoms with E-state index in [0.29, 0.717) is 24.1 Å². The number of hydrogen-bond acceptors (Lipinski definition) is 6. The van der Waals surface area contributed by atoms with Crippen LogP contribution in [0.1, 0.15) is 251 Å². The molecule has 2 unspecified atom stereocenters. The molecule has 8 nitrogen and oxygen atoms in total. The van der Waals surface area contributed by atoms with E-state index in [-0.39, 0.29) is 25.8 Å². The van der Waals surface area contributed by atoms with Gasteiger partial charge in [-0.05, 0) is 64.2 Å². The number of allylic oxidation sites excluding steroid dienone is 4. The summed E-state index contributed by atoms with van der Waals surface area (Å²) in [7, 11) is 1.67. The Kier molecular flexibility index (Phi) is 45.7. The lowest BCUT2D eigenvalue weighted by molar-refractivity contribution is -0.870. The summed E-state index contributed by atoms with van der Waals surface area (Å²) in [5, 5.41) is 0. The molecule has 0 aromatic rings. The summed E-state index contributed by atoms with van der Waals surface area (Å²) in [6, 6.07) is 0. The van der Waals surface area contributed by atoms with Gasteiger partial charge in [-0.1, -0.05) is 205 Å². The van der Waals surface area contributed by atoms with Crippen LogP contribution in [0.3, 0.4) is 0 Å². The van der Waals surface area contributed by atoms with E-state index in [9.17, 15) is 14.3 Å². The molecule has 0 aliphatic carbocycles. The number of phosphoric acid groups is 1. The largest absolute Gasteiger partial charge is 0.472 e. The first-order valence-electron chi connectivity index (χ1n) is 26.6. The van der Waals surface area contributed by atoms with Crippen LogP contribution in [0.25, 0.3) is 0 Å². The van der Waals surface area contributed by atoms with Crippen LogP contribution < -0.4 is 0 Å². The first-order chi connectivity index (χ1) is 30.1. The Balaban J connectivity index is 4.07. The van der Waals surface area contributed by atoms with Gasteiger partial charge in [0.05, 0.1) is 34.4 Å². The van der Waals surface area contributed by atoms with Crippen LogP contribution in [0.5, 0.6) is 0 Å². The maximum atomic E-state index is 12.7. The fourth-order valence-electron chi connectivity index (χ4n) is 7.60. The molecule has 0 saturated carbocycles. The third-order valence-corrected chi connectivity index (χ3v) is 12.7. The maximum absolute atomic E-state index is 12.7. The average molecular weight is 899 g/mol. The zero-order chi connectivity index (χ0) is 45.5. The molecule has 0 fully saturated rings. The molecule has 0 bridgehead atoms. The molecule has 0 radical (unpaired) electrons. The molecule has 0 amide bonds. The minimum Gasteiger partial charge on any atom is -0.457 e. The zero-order valence-corrected chi connectivity index (χ0v) is 42.8. The third kappa shape index (κ3) is 50.0. The number of carbonyl (C=O) groups excluding carboxylic acids is 1. The molecule has 0 aromatic heterocycles. The molecule has 0 saturated heterocycles. The number of ether oxygens (including phenoxy) is 2. The van der Waals surface area contributed by atoms with Crippen molar-refractivity contribution < 1.29 is 37.3 Å². The van der Waals surface area contributed by atoms with Crippen molar-refractivity contribution in [1.82, 2.24) is 0 Å². The Labute approximate surface area is 385 Å². The van der Waals surface area contributed by atoms with Crippen LogP contribution in [0.2, 0.25) is 0 Å². The molecule has 0 aliphatic heterocycles. The second-order valence-corrected chi connectivity index (χ2v) is 20.7. The monoisotopic (exact) mass is 899 g/mol. The lowest BCUT2D eigenvalue weighted by Gasteiger charge is -2.24. The summed E-state index contributed by atoms with van der Waals surface area (Å²) in [5.41, 5.74) is 0. The second-order valence-electron chi connectivity index (χ2n) is 19.3. The van der Waals surface area contributed by atoms with Crippen LogP contribution in [0.4, 0.5) is 0 Å². The van der Waals surface area contributed by atoms with Gasteiger partial charge in [0.15, 0.2) is 0 Å². The van der Waals surface area contributed by atoms with Crippen molar-refractivity contribution >= 4 is 13.8 Å². The summed E-state index contributed by atoms with van der Waals surface area (Å²) in [6.45, 7) is 5.65. The number of unbranched alkanes of at least 4 members (excludes halogenated alkanes) is 32. The van der Waals surface area contributed by atoms with E-state index in [1.54, 1.807) is 0 Å². The number of carbonyl (C=O) groups is 1. The van der Waals surface area contributed by atoms with Crippen LogP contribution >= 0.6 is 7.82 Å². The van der Waals surface area contributed by atoms with Crippen LogP contribution in [0.15, 0.2) is 24.3 Å². The molecule has 0 spiro atoms. The van der Waals surface area contributed by atoms with Gasteiger partial charge in [-0.25, -0.2) is 4.57 Å². The number of quaternary nitrogens is 1. The van der Waals surface area contributed by atoms with Crippen molar-refractivity contribution in [2.75, 3.05) is 54.1 Å². The highest BCUT2D eigenvalue weighted by molar-refractivity contribution is 7.47. The Morgan fingerprint density at radius 1 is 0.484 bits per heavy atom. The molecule has 0 heterocycles. The average Bonchev–Trinajstić information content (AvgIpc) is 3.23. The van der Waals surface area contributed by atoms with Crippen molar-refractivity contribution in [1.29, 1.82) is 0 Å². The molecule has 2 atom stereocenters. The fourth-order valence-corrected chi connectivity index (χ4v) is 8.34. The van der Waals surface area contributed by atoms with Crippen LogP contribution in [-0.4, -0.2) is 75.6 Å². The molecule has 0 rings (SSSR count). The van der Waals surface area contributed by atoms with E-state index in [4.69, 9.17) is 18.5 Å². The van der Waals surface area contributed by atoms with Gasteiger partial charge >= 0.3 is 13.8 Å². The SMILES string of the molecule is CCCCCCCCC/C=C\CCCCCCCC(=O)OC(COCCCCCCCCCCCCCC/C=C\CCCCCCCCCC)COP(=O)(O)OCC[N+](C)(C)C. The smallest absolute Gasteiger partial charge is 0.457 e. The number of likely N-dealkylation sites (N-methyl/N-ethyl adjacent to an activating group) is 1. The van der Waals surface area contributed by atoms with E-state index in [1.807, 2.05) is 21.1 Å². The molecule has 0 aromatic carbocycles. The van der Waals surface area contributed by atoms with Gasteiger partial charge in [0.1, 0.15) is 19.3 Å². The fraction of sp³-hybridized carbons (Fsp3) is 0.906. The summed E-state index contributed by atoms with van der Waals surface area (Å²) >= 11 is 0. The number of hydrogen-bond donors (Lipinski definition) is 1. The normalized spacial score (nSPS) is 13.7. The summed E-state index contributed by atoms with van der Waals surface area (Å²) in [4.78, 5) is 23.0. The molecule has 62 heavy (non-hydrogen) atoms. The van der Waals surface area contributed by atoms with E-state index in [2.05, 4.69) is 38.2 Å². The predicted octanol–water partition coefficient (Wildman–Crippen LogP) is 16.3. The minimum atomic E-state index is -4.28. The first kappa shape index (κ1) is 61.0. The third-order valence-electron chi connectivity index (χ3n) is 11.7. The van der Waals surface area contributed by atoms with Crippen molar-refractivity contribution in [3.63, 3.8) is 0 Å². The molecular weight excluding hydrogens is 794 g/mol. The number of esters is 1. The van der Waals surface area contributed by atoms with Gasteiger partial charge in [0.2, 0.25) is 0 Å². The topological polar surface area (TPSA) is 91.3 Å². The van der Waals surface area contributed by atoms with Gasteiger partial charge in [0, 0.05) is 13.0 Å². The van der Waals surface area contributed by atoms with Gasteiger partial charge in [-0.3, -0.25) is 13.8 Å². The number of nitrogens with zero attached hydrogens (tertiary/aromatic N) is 1. The first-order valence-corrected chi connectivity index (χ1v) is 28.1. The van der Waals surface area contributed by atoms with E-state index < -0.39 is 13.9 Å². The van der Waals surface area contributed by atoms with Gasteiger partial charge in [0.25, 0.3) is 0 Å². The summed E-state index contributed by atoms with van der Waals surface area (Å²) in [6.07, 6.45) is 55.1. The standard InChI is InChI=1S/C53H104NO7P/c1-6-8-10-12-14-16-18-20-22-24-25-26-27-28-29-30-31-33-35-37-39-41-43-45-48-58-50-52(51-60-62(56,57)59-49-47-54(3,4)5)61-53(55)46-44-42-40-38-36-34-32-23-21-19-17-15-13-11-9-7-2/h23-25,32,52H,6-22,26-31,33-51H2,1-5H3/p+1/b25-24-,32-23-. The van der Waals surface area contributed by atoms with Crippen molar-refractivity contribution in [3.8, 4) is 0 Å². The quantitative estimate of drug-likeness (QED) is 0.0214. The highest BCUT2D eigenvalue weighted by Gasteiger charge is 2.26. The lowest BCUT2D eigenvalue weighted by Crippen LogP contribution is -2.37. The van der Waals surface area contributed by atoms with Gasteiger partial charge in [-0.2, -0.15) is 0 Å². The number of rotatable bonds is 50. The minimum absolute atomic E-state index is 0.0888. The van der Waals surface area contributed by atoms with Crippen molar-refractivity contribution in [2.45, 2.75) is 258 Å². The zero-order valence-electron chi connectivity index (χ0n) is 41.9. The van der Waals surface area contributed by atoms with Crippen molar-refractivity contribution in [3.05, 3.63) is 24.3 Å². The van der Waals surface area contributed by atoms with Gasteiger partial charge < -0.3 is 18.9 Å². The highest BCUT2D eigenvalue weighted by Crippen LogP contribution is 2.43. The molecular formula is C53H105NO7P+. The van der Waals surface area contributed by atoms with Crippen LogP contribution in [-0.2, 0) is 27.9 Å². The maximum Gasteiger partial charge on any atom is 0.472 e. The number of phosphoric ester groups is 1. The molecule has 9 heteroatoms. The Morgan fingerprint density at radius 3 is 1.23 bits per heavy atom. The second kappa shape index (κ2) is 46.5. The summed E-state index contributed by atoms with van der Waals surface area (Å²) < 4.78 is 35.2. The Bertz CT molecular complexity index is 1050. The summed E-state index contributed by atoms with van der Waals surface area (Å²) in [5.74, 6) is -0.318. The van der Waals surface area contributed by atoms with Crippen molar-refractivity contribution in [2.24, 2.45) is 0 Å². The van der Waals surface area contributed by atoms with E-state index in [1.165, 1.54) is 193 Å². The van der Waals surface area contributed by atoms with E-state index >= 15 is 0 Å². The highest BCUT2D eigenvalue weighted by atomic mass is 31.2. The predicted molar refractivity (Wildman–Crippen MR) is 266 cm³/mol. The van der Waals surface area contributed by atoms with E-state index in [0.717, 1.165) is 38.5 Å². The molecule has 1 N–H and O–H groups in total.